The summed E-state index contributed by atoms with van der Waals surface area (Å²) in [5.41, 5.74) is 0.797. The van der Waals surface area contributed by atoms with Crippen LogP contribution in [-0.4, -0.2) is 11.4 Å². The number of nitrogens with one attached hydrogen (secondary N) is 1. The van der Waals surface area contributed by atoms with Gasteiger partial charge in [-0.15, -0.1) is 0 Å². The van der Waals surface area contributed by atoms with Crippen LogP contribution < -0.4 is 5.32 Å². The van der Waals surface area contributed by atoms with E-state index in [0.29, 0.717) is 12.3 Å². The van der Waals surface area contributed by atoms with E-state index >= 15 is 0 Å². The van der Waals surface area contributed by atoms with Crippen LogP contribution in [0.25, 0.3) is 11.0 Å². The smallest absolute Gasteiger partial charge is 0.220 e. The second-order valence-corrected chi connectivity index (χ2v) is 6.35. The van der Waals surface area contributed by atoms with Crippen molar-refractivity contribution in [1.82, 2.24) is 5.32 Å². The number of amides is 1. The Hall–Kier alpha value is -1.77. The maximum atomic E-state index is 11.7. The van der Waals surface area contributed by atoms with E-state index in [0.717, 1.165) is 36.0 Å². The molecular weight excluding hydrogens is 250 g/mol. The molecule has 1 atom stereocenters. The Balaban J connectivity index is 1.87. The first-order valence-corrected chi connectivity index (χ1v) is 7.35. The van der Waals surface area contributed by atoms with E-state index in [2.05, 4.69) is 31.3 Å². The SMILES string of the molecule is CC(C)CC1(Cc2cc3ccccc3o2)CCC(=O)N1. The van der Waals surface area contributed by atoms with E-state index in [1.165, 1.54) is 0 Å². The number of furan rings is 1. The number of hydrogen-bond acceptors (Lipinski definition) is 2. The molecule has 1 aliphatic rings. The molecule has 1 saturated heterocycles. The summed E-state index contributed by atoms with van der Waals surface area (Å²) in [6.07, 6.45) is 3.31. The first-order chi connectivity index (χ1) is 9.56. The lowest BCUT2D eigenvalue weighted by atomic mass is 9.84. The second-order valence-electron chi connectivity index (χ2n) is 6.35. The molecule has 1 aliphatic heterocycles. The van der Waals surface area contributed by atoms with Crippen molar-refractivity contribution in [3.05, 3.63) is 36.1 Å². The summed E-state index contributed by atoms with van der Waals surface area (Å²) in [7, 11) is 0. The molecule has 0 saturated carbocycles. The van der Waals surface area contributed by atoms with Crippen LogP contribution in [-0.2, 0) is 11.2 Å². The van der Waals surface area contributed by atoms with Gasteiger partial charge in [-0.1, -0.05) is 32.0 Å². The first-order valence-electron chi connectivity index (χ1n) is 7.35. The lowest BCUT2D eigenvalue weighted by molar-refractivity contribution is -0.119. The monoisotopic (exact) mass is 271 g/mol. The van der Waals surface area contributed by atoms with Gasteiger partial charge >= 0.3 is 0 Å². The average molecular weight is 271 g/mol. The van der Waals surface area contributed by atoms with Crippen molar-refractivity contribution in [1.29, 1.82) is 0 Å². The molecule has 3 rings (SSSR count). The van der Waals surface area contributed by atoms with E-state index < -0.39 is 0 Å². The van der Waals surface area contributed by atoms with Gasteiger partial charge in [0.25, 0.3) is 0 Å². The number of benzene rings is 1. The maximum absolute atomic E-state index is 11.7. The molecule has 1 unspecified atom stereocenters. The molecule has 3 nitrogen and oxygen atoms in total. The fraction of sp³-hybridized carbons (Fsp3) is 0.471. The van der Waals surface area contributed by atoms with Crippen molar-refractivity contribution in [2.75, 3.05) is 0 Å². The third kappa shape index (κ3) is 2.58. The van der Waals surface area contributed by atoms with Crippen molar-refractivity contribution < 1.29 is 9.21 Å². The number of para-hydroxylation sites is 1. The minimum absolute atomic E-state index is 0.126. The van der Waals surface area contributed by atoms with E-state index in [1.54, 1.807) is 0 Å². The van der Waals surface area contributed by atoms with E-state index in [4.69, 9.17) is 4.42 Å². The minimum Gasteiger partial charge on any atom is -0.461 e. The summed E-state index contributed by atoms with van der Waals surface area (Å²) < 4.78 is 5.92. The van der Waals surface area contributed by atoms with Crippen molar-refractivity contribution in [3.8, 4) is 0 Å². The Bertz CT molecular complexity index is 596. The van der Waals surface area contributed by atoms with Gasteiger partial charge in [0.15, 0.2) is 0 Å². The molecule has 20 heavy (non-hydrogen) atoms. The summed E-state index contributed by atoms with van der Waals surface area (Å²) in [6, 6.07) is 10.1. The summed E-state index contributed by atoms with van der Waals surface area (Å²) in [4.78, 5) is 11.7. The molecule has 1 aromatic heterocycles. The van der Waals surface area contributed by atoms with Gasteiger partial charge in [0, 0.05) is 23.8 Å². The maximum Gasteiger partial charge on any atom is 0.220 e. The van der Waals surface area contributed by atoms with Crippen molar-refractivity contribution >= 4 is 16.9 Å². The molecule has 0 spiro atoms. The van der Waals surface area contributed by atoms with Crippen LogP contribution in [0.15, 0.2) is 34.7 Å². The van der Waals surface area contributed by atoms with Gasteiger partial charge in [-0.25, -0.2) is 0 Å². The number of hydrogen-bond donors (Lipinski definition) is 1. The van der Waals surface area contributed by atoms with E-state index in [1.807, 2.05) is 18.2 Å². The highest BCUT2D eigenvalue weighted by Gasteiger charge is 2.38. The highest BCUT2D eigenvalue weighted by molar-refractivity contribution is 5.80. The molecule has 0 aliphatic carbocycles. The molecule has 2 aromatic rings. The zero-order valence-electron chi connectivity index (χ0n) is 12.1. The number of carbonyl (C=O) groups is 1. The molecule has 3 heteroatoms. The molecule has 1 aromatic carbocycles. The third-order valence-corrected chi connectivity index (χ3v) is 4.02. The highest BCUT2D eigenvalue weighted by atomic mass is 16.3. The van der Waals surface area contributed by atoms with Crippen LogP contribution >= 0.6 is 0 Å². The van der Waals surface area contributed by atoms with Crippen molar-refractivity contribution in [2.45, 2.75) is 45.1 Å². The quantitative estimate of drug-likeness (QED) is 0.922. The molecule has 106 valence electrons. The number of fused-ring (bicyclic) bond motifs is 1. The zero-order chi connectivity index (χ0) is 14.2. The Morgan fingerprint density at radius 1 is 1.35 bits per heavy atom. The molecule has 0 bridgehead atoms. The van der Waals surface area contributed by atoms with E-state index in [9.17, 15) is 4.79 Å². The van der Waals surface area contributed by atoms with E-state index in [-0.39, 0.29) is 11.4 Å². The molecule has 1 N–H and O–H groups in total. The predicted molar refractivity (Wildman–Crippen MR) is 79.5 cm³/mol. The van der Waals surface area contributed by atoms with Gasteiger partial charge in [0.05, 0.1) is 0 Å². The van der Waals surface area contributed by atoms with Gasteiger partial charge in [-0.05, 0) is 30.9 Å². The predicted octanol–water partition coefficient (Wildman–Crippen LogP) is 3.67. The Labute approximate surface area is 119 Å². The zero-order valence-corrected chi connectivity index (χ0v) is 12.1. The first kappa shape index (κ1) is 13.2. The molecule has 1 fully saturated rings. The fourth-order valence-corrected chi connectivity index (χ4v) is 3.37. The Kier molecular flexibility index (Phi) is 3.28. The van der Waals surface area contributed by atoms with Crippen LogP contribution in [0.4, 0.5) is 0 Å². The Morgan fingerprint density at radius 3 is 2.80 bits per heavy atom. The minimum atomic E-state index is -0.126. The fourth-order valence-electron chi connectivity index (χ4n) is 3.37. The summed E-state index contributed by atoms with van der Waals surface area (Å²) >= 11 is 0. The summed E-state index contributed by atoms with van der Waals surface area (Å²) in [5, 5.41) is 4.32. The number of rotatable bonds is 4. The second kappa shape index (κ2) is 4.97. The highest BCUT2D eigenvalue weighted by Crippen LogP contribution is 2.32. The molecule has 2 heterocycles. The Morgan fingerprint density at radius 2 is 2.15 bits per heavy atom. The van der Waals surface area contributed by atoms with Gasteiger partial charge in [-0.2, -0.15) is 0 Å². The molecule has 1 amide bonds. The third-order valence-electron chi connectivity index (χ3n) is 4.02. The van der Waals surface area contributed by atoms with Gasteiger partial charge < -0.3 is 9.73 Å². The van der Waals surface area contributed by atoms with Gasteiger partial charge in [0.1, 0.15) is 11.3 Å². The van der Waals surface area contributed by atoms with Crippen LogP contribution in [0.5, 0.6) is 0 Å². The average Bonchev–Trinajstić information content (AvgIpc) is 2.92. The standard InChI is InChI=1S/C17H21NO2/c1-12(2)10-17(8-7-16(19)18-17)11-14-9-13-5-3-4-6-15(13)20-14/h3-6,9,12H,7-8,10-11H2,1-2H3,(H,18,19). The summed E-state index contributed by atoms with van der Waals surface area (Å²) in [6.45, 7) is 4.40. The van der Waals surface area contributed by atoms with Gasteiger partial charge in [-0.3, -0.25) is 4.79 Å². The summed E-state index contributed by atoms with van der Waals surface area (Å²) in [5.74, 6) is 1.69. The number of carbonyl (C=O) groups excluding carboxylic acids is 1. The van der Waals surface area contributed by atoms with Crippen molar-refractivity contribution in [2.24, 2.45) is 5.92 Å². The van der Waals surface area contributed by atoms with Crippen LogP contribution in [0, 0.1) is 5.92 Å². The largest absolute Gasteiger partial charge is 0.461 e. The normalized spacial score (nSPS) is 22.6. The topological polar surface area (TPSA) is 42.2 Å². The lowest BCUT2D eigenvalue weighted by Gasteiger charge is -2.30. The van der Waals surface area contributed by atoms with Crippen molar-refractivity contribution in [3.63, 3.8) is 0 Å². The molecule has 0 radical (unpaired) electrons. The van der Waals surface area contributed by atoms with Gasteiger partial charge in [0.2, 0.25) is 5.91 Å². The van der Waals surface area contributed by atoms with Crippen LogP contribution in [0.3, 0.4) is 0 Å². The molecular formula is C17H21NO2. The lowest BCUT2D eigenvalue weighted by Crippen LogP contribution is -2.44. The van der Waals surface area contributed by atoms with Crippen LogP contribution in [0.2, 0.25) is 0 Å². The van der Waals surface area contributed by atoms with Crippen LogP contribution in [0.1, 0.15) is 38.9 Å².